The number of alkyl halides is 2. The monoisotopic (exact) mass is 283 g/mol. The minimum Gasteiger partial charge on any atom is -0.338 e. The summed E-state index contributed by atoms with van der Waals surface area (Å²) < 4.78 is 0. The van der Waals surface area contributed by atoms with Crippen LogP contribution in [0.15, 0.2) is 0 Å². The van der Waals surface area contributed by atoms with Crippen LogP contribution in [-0.4, -0.2) is 34.1 Å². The minimum absolute atomic E-state index is 0.215. The van der Waals surface area contributed by atoms with Crippen molar-refractivity contribution >= 4 is 37.8 Å². The van der Waals surface area contributed by atoms with Gasteiger partial charge in [0.1, 0.15) is 0 Å². The molecule has 0 bridgehead atoms. The van der Waals surface area contributed by atoms with Crippen LogP contribution >= 0.6 is 31.9 Å². The zero-order valence-corrected chi connectivity index (χ0v) is 9.40. The Morgan fingerprint density at radius 3 is 2.82 bits per heavy atom. The average molecular weight is 285 g/mol. The number of carbonyl (C=O) groups is 1. The first-order valence-electron chi connectivity index (χ1n) is 3.71. The van der Waals surface area contributed by atoms with Crippen LogP contribution in [0.3, 0.4) is 0 Å². The molecule has 4 heteroatoms. The third-order valence-corrected chi connectivity index (χ3v) is 3.22. The second-order valence-electron chi connectivity index (χ2n) is 2.67. The second kappa shape index (κ2) is 4.45. The molecule has 1 fully saturated rings. The van der Waals surface area contributed by atoms with Gasteiger partial charge < -0.3 is 4.90 Å². The molecule has 1 aliphatic heterocycles. The van der Waals surface area contributed by atoms with Crippen molar-refractivity contribution in [2.75, 3.05) is 17.2 Å². The maximum atomic E-state index is 11.2. The van der Waals surface area contributed by atoms with Crippen molar-refractivity contribution in [1.29, 1.82) is 0 Å². The molecule has 2 nitrogen and oxygen atoms in total. The Kier molecular flexibility index (Phi) is 3.85. The molecule has 0 radical (unpaired) electrons. The zero-order chi connectivity index (χ0) is 8.27. The predicted octanol–water partition coefficient (Wildman–Crippen LogP) is 1.77. The summed E-state index contributed by atoms with van der Waals surface area (Å²) in [5.41, 5.74) is 0. The van der Waals surface area contributed by atoms with E-state index in [4.69, 9.17) is 0 Å². The third kappa shape index (κ3) is 2.18. The zero-order valence-electron chi connectivity index (χ0n) is 6.22. The van der Waals surface area contributed by atoms with Gasteiger partial charge in [-0.15, -0.1) is 0 Å². The van der Waals surface area contributed by atoms with E-state index in [-0.39, 0.29) is 5.91 Å². The van der Waals surface area contributed by atoms with Gasteiger partial charge in [0.2, 0.25) is 5.91 Å². The van der Waals surface area contributed by atoms with E-state index in [0.29, 0.717) is 11.4 Å². The number of halogens is 2. The molecule has 0 saturated carbocycles. The van der Waals surface area contributed by atoms with Crippen LogP contribution < -0.4 is 0 Å². The number of carbonyl (C=O) groups excluding carboxylic acids is 1. The smallest absolute Gasteiger partial charge is 0.233 e. The summed E-state index contributed by atoms with van der Waals surface area (Å²) >= 11 is 6.58. The van der Waals surface area contributed by atoms with E-state index in [1.807, 2.05) is 4.90 Å². The van der Waals surface area contributed by atoms with Crippen LogP contribution in [-0.2, 0) is 4.79 Å². The first-order chi connectivity index (χ1) is 5.29. The fraction of sp³-hybridized carbons (Fsp3) is 0.857. The number of nitrogens with zero attached hydrogens (tertiary/aromatic N) is 1. The highest BCUT2D eigenvalue weighted by Crippen LogP contribution is 2.19. The Bertz CT molecular complexity index is 151. The van der Waals surface area contributed by atoms with Crippen LogP contribution in [0.2, 0.25) is 0 Å². The van der Waals surface area contributed by atoms with Crippen LogP contribution in [0.1, 0.15) is 12.8 Å². The third-order valence-electron chi connectivity index (χ3n) is 1.99. The number of amides is 1. The quantitative estimate of drug-likeness (QED) is 0.708. The summed E-state index contributed by atoms with van der Waals surface area (Å²) in [5, 5.41) is 1.36. The maximum Gasteiger partial charge on any atom is 0.233 e. The lowest BCUT2D eigenvalue weighted by Crippen LogP contribution is -2.37. The first kappa shape index (κ1) is 9.52. The van der Waals surface area contributed by atoms with Crippen molar-refractivity contribution < 1.29 is 4.79 Å². The van der Waals surface area contributed by atoms with Crippen LogP contribution in [0, 0.1) is 0 Å². The second-order valence-corrected chi connectivity index (χ2v) is 3.88. The lowest BCUT2D eigenvalue weighted by atomic mass is 10.2. The Balaban J connectivity index is 2.49. The summed E-state index contributed by atoms with van der Waals surface area (Å²) in [4.78, 5) is 13.2. The van der Waals surface area contributed by atoms with Crippen molar-refractivity contribution in [3.63, 3.8) is 0 Å². The Morgan fingerprint density at radius 1 is 1.55 bits per heavy atom. The van der Waals surface area contributed by atoms with Gasteiger partial charge in [0, 0.05) is 17.9 Å². The van der Waals surface area contributed by atoms with Gasteiger partial charge in [-0.05, 0) is 12.8 Å². The minimum atomic E-state index is 0.215. The number of rotatable bonds is 2. The Hall–Kier alpha value is 0.430. The summed E-state index contributed by atoms with van der Waals surface area (Å²) in [6.07, 6.45) is 2.29. The highest BCUT2D eigenvalue weighted by Gasteiger charge is 2.26. The van der Waals surface area contributed by atoms with Crippen LogP contribution in [0.4, 0.5) is 0 Å². The standard InChI is InChI=1S/C7H11Br2NO/c8-4-6-2-1-3-10(6)7(11)5-9/h6H,1-5H2/t6-/m0/s1. The maximum absolute atomic E-state index is 11.2. The fourth-order valence-corrected chi connectivity index (χ4v) is 2.40. The molecule has 1 aliphatic rings. The average Bonchev–Trinajstić information content (AvgIpc) is 2.50. The summed E-state index contributed by atoms with van der Waals surface area (Å²) in [5.74, 6) is 0.215. The molecule has 0 aromatic heterocycles. The van der Waals surface area contributed by atoms with Crippen LogP contribution in [0.5, 0.6) is 0 Å². The Morgan fingerprint density at radius 2 is 2.27 bits per heavy atom. The van der Waals surface area contributed by atoms with Crippen LogP contribution in [0.25, 0.3) is 0 Å². The molecule has 1 amide bonds. The summed E-state index contributed by atoms with van der Waals surface area (Å²) in [6.45, 7) is 0.931. The molecule has 0 spiro atoms. The molecule has 0 N–H and O–H groups in total. The van der Waals surface area contributed by atoms with E-state index in [1.165, 1.54) is 0 Å². The topological polar surface area (TPSA) is 20.3 Å². The molecular weight excluding hydrogens is 274 g/mol. The molecule has 1 atom stereocenters. The molecule has 0 unspecified atom stereocenters. The molecule has 64 valence electrons. The van der Waals surface area contributed by atoms with E-state index < -0.39 is 0 Å². The van der Waals surface area contributed by atoms with Gasteiger partial charge in [0.05, 0.1) is 5.33 Å². The van der Waals surface area contributed by atoms with E-state index >= 15 is 0 Å². The molecule has 1 saturated heterocycles. The van der Waals surface area contributed by atoms with E-state index in [0.717, 1.165) is 24.7 Å². The lowest BCUT2D eigenvalue weighted by Gasteiger charge is -2.21. The predicted molar refractivity (Wildman–Crippen MR) is 52.3 cm³/mol. The van der Waals surface area contributed by atoms with Gasteiger partial charge in [-0.1, -0.05) is 31.9 Å². The van der Waals surface area contributed by atoms with Gasteiger partial charge in [0.25, 0.3) is 0 Å². The SMILES string of the molecule is O=C(CBr)N1CCC[C@H]1CBr. The van der Waals surface area contributed by atoms with Gasteiger partial charge in [-0.3, -0.25) is 4.79 Å². The van der Waals surface area contributed by atoms with E-state index in [9.17, 15) is 4.79 Å². The number of hydrogen-bond acceptors (Lipinski definition) is 1. The van der Waals surface area contributed by atoms with Gasteiger partial charge in [0.15, 0.2) is 0 Å². The fourth-order valence-electron chi connectivity index (χ4n) is 1.40. The molecule has 0 aromatic rings. The molecule has 1 heterocycles. The summed E-state index contributed by atoms with van der Waals surface area (Å²) in [6, 6.07) is 0.431. The van der Waals surface area contributed by atoms with Gasteiger partial charge in [-0.2, -0.15) is 0 Å². The Labute approximate surface area is 83.6 Å². The van der Waals surface area contributed by atoms with Crippen molar-refractivity contribution in [3.8, 4) is 0 Å². The van der Waals surface area contributed by atoms with Crippen molar-refractivity contribution in [3.05, 3.63) is 0 Å². The van der Waals surface area contributed by atoms with Gasteiger partial charge in [-0.25, -0.2) is 0 Å². The van der Waals surface area contributed by atoms with Crippen molar-refractivity contribution in [2.24, 2.45) is 0 Å². The molecule has 0 aromatic carbocycles. The first-order valence-corrected chi connectivity index (χ1v) is 5.95. The largest absolute Gasteiger partial charge is 0.338 e. The number of hydrogen-bond donors (Lipinski definition) is 0. The molecule has 11 heavy (non-hydrogen) atoms. The van der Waals surface area contributed by atoms with Crippen molar-refractivity contribution in [2.45, 2.75) is 18.9 Å². The normalized spacial score (nSPS) is 24.2. The summed E-state index contributed by atoms with van der Waals surface area (Å²) in [7, 11) is 0. The molecule has 0 aliphatic carbocycles. The molecule has 1 rings (SSSR count). The van der Waals surface area contributed by atoms with Gasteiger partial charge >= 0.3 is 0 Å². The lowest BCUT2D eigenvalue weighted by molar-refractivity contribution is -0.128. The highest BCUT2D eigenvalue weighted by atomic mass is 79.9. The highest BCUT2D eigenvalue weighted by molar-refractivity contribution is 9.09. The van der Waals surface area contributed by atoms with Crippen molar-refractivity contribution in [1.82, 2.24) is 4.90 Å². The van der Waals surface area contributed by atoms with E-state index in [1.54, 1.807) is 0 Å². The molecular formula is C7H11Br2NO. The van der Waals surface area contributed by atoms with E-state index in [2.05, 4.69) is 31.9 Å². The number of likely N-dealkylation sites (tertiary alicyclic amines) is 1.